The molecule has 1 aromatic carbocycles. The topological polar surface area (TPSA) is 29.1 Å². The normalized spacial score (nSPS) is 17.6. The number of thiocarbonyl (C=S) groups is 1. The molecule has 94 valence electrons. The number of hydrogen-bond donors (Lipinski definition) is 1. The first-order chi connectivity index (χ1) is 8.54. The van der Waals surface area contributed by atoms with Crippen LogP contribution in [0.4, 0.5) is 0 Å². The van der Waals surface area contributed by atoms with Gasteiger partial charge in [0.25, 0.3) is 5.91 Å². The summed E-state index contributed by atoms with van der Waals surface area (Å²) in [6.07, 6.45) is 2.95. The van der Waals surface area contributed by atoms with Crippen molar-refractivity contribution >= 4 is 40.3 Å². The van der Waals surface area contributed by atoms with E-state index >= 15 is 0 Å². The van der Waals surface area contributed by atoms with Crippen molar-refractivity contribution < 1.29 is 4.79 Å². The second-order valence-electron chi connectivity index (χ2n) is 4.69. The second kappa shape index (κ2) is 5.67. The van der Waals surface area contributed by atoms with Crippen LogP contribution in [0.25, 0.3) is 6.08 Å². The summed E-state index contributed by atoms with van der Waals surface area (Å²) in [7, 11) is 0. The van der Waals surface area contributed by atoms with E-state index in [0.717, 1.165) is 12.0 Å². The maximum Gasteiger partial charge on any atom is 0.263 e. The first-order valence-corrected chi connectivity index (χ1v) is 7.11. The quantitative estimate of drug-likeness (QED) is 0.678. The highest BCUT2D eigenvalue weighted by atomic mass is 32.2. The zero-order chi connectivity index (χ0) is 13.1. The molecule has 1 amide bonds. The molecule has 1 aromatic rings. The number of thioether (sulfide) groups is 1. The van der Waals surface area contributed by atoms with Gasteiger partial charge in [0.1, 0.15) is 4.32 Å². The minimum Gasteiger partial charge on any atom is -0.307 e. The molecular formula is C14H15NOS2. The summed E-state index contributed by atoms with van der Waals surface area (Å²) >= 11 is 6.26. The molecular weight excluding hydrogens is 262 g/mol. The van der Waals surface area contributed by atoms with Crippen LogP contribution in [0.15, 0.2) is 29.2 Å². The summed E-state index contributed by atoms with van der Waals surface area (Å²) < 4.78 is 0.530. The molecule has 0 radical (unpaired) electrons. The van der Waals surface area contributed by atoms with Crippen molar-refractivity contribution in [3.63, 3.8) is 0 Å². The molecule has 4 heteroatoms. The van der Waals surface area contributed by atoms with Crippen LogP contribution in [0.5, 0.6) is 0 Å². The van der Waals surface area contributed by atoms with Gasteiger partial charge in [-0.25, -0.2) is 0 Å². The third-order valence-corrected chi connectivity index (χ3v) is 3.73. The van der Waals surface area contributed by atoms with E-state index in [1.54, 1.807) is 0 Å². The van der Waals surface area contributed by atoms with E-state index in [0.29, 0.717) is 15.1 Å². The third-order valence-electron chi connectivity index (χ3n) is 2.56. The van der Waals surface area contributed by atoms with Crippen molar-refractivity contribution in [2.24, 2.45) is 5.92 Å². The molecule has 1 fully saturated rings. The summed E-state index contributed by atoms with van der Waals surface area (Å²) in [6, 6.07) is 8.31. The summed E-state index contributed by atoms with van der Waals surface area (Å²) in [4.78, 5) is 12.2. The number of nitrogens with one attached hydrogen (secondary N) is 1. The van der Waals surface area contributed by atoms with Gasteiger partial charge in [0.15, 0.2) is 0 Å². The maximum atomic E-state index is 11.5. The zero-order valence-corrected chi connectivity index (χ0v) is 12.0. The monoisotopic (exact) mass is 277 g/mol. The fourth-order valence-electron chi connectivity index (χ4n) is 1.79. The van der Waals surface area contributed by atoms with Crippen LogP contribution in [0.2, 0.25) is 0 Å². The molecule has 1 saturated heterocycles. The molecule has 1 heterocycles. The Morgan fingerprint density at radius 1 is 1.33 bits per heavy atom. The number of benzene rings is 1. The van der Waals surface area contributed by atoms with Gasteiger partial charge >= 0.3 is 0 Å². The van der Waals surface area contributed by atoms with Gasteiger partial charge in [0, 0.05) is 0 Å². The van der Waals surface area contributed by atoms with E-state index in [4.69, 9.17) is 12.2 Å². The Hall–Kier alpha value is -1.13. The molecule has 0 spiro atoms. The van der Waals surface area contributed by atoms with E-state index in [2.05, 4.69) is 31.3 Å². The van der Waals surface area contributed by atoms with E-state index < -0.39 is 0 Å². The van der Waals surface area contributed by atoms with Crippen LogP contribution in [0.1, 0.15) is 25.0 Å². The van der Waals surface area contributed by atoms with E-state index in [9.17, 15) is 4.79 Å². The largest absolute Gasteiger partial charge is 0.307 e. The van der Waals surface area contributed by atoms with E-state index in [1.807, 2.05) is 18.2 Å². The Balaban J connectivity index is 2.13. The van der Waals surface area contributed by atoms with Crippen LogP contribution in [0.3, 0.4) is 0 Å². The summed E-state index contributed by atoms with van der Waals surface area (Å²) in [5, 5.41) is 2.61. The Labute approximate surface area is 117 Å². The third kappa shape index (κ3) is 3.43. The van der Waals surface area contributed by atoms with Gasteiger partial charge in [-0.3, -0.25) is 4.79 Å². The average Bonchev–Trinajstić information content (AvgIpc) is 2.59. The van der Waals surface area contributed by atoms with Crippen molar-refractivity contribution in [3.8, 4) is 0 Å². The van der Waals surface area contributed by atoms with Crippen molar-refractivity contribution in [1.82, 2.24) is 5.32 Å². The van der Waals surface area contributed by atoms with Crippen LogP contribution in [-0.4, -0.2) is 10.2 Å². The van der Waals surface area contributed by atoms with Crippen molar-refractivity contribution in [1.29, 1.82) is 0 Å². The minimum absolute atomic E-state index is 0.101. The number of hydrogen-bond acceptors (Lipinski definition) is 3. The van der Waals surface area contributed by atoms with Gasteiger partial charge in [-0.05, 0) is 29.5 Å². The summed E-state index contributed by atoms with van der Waals surface area (Å²) in [6.45, 7) is 4.41. The van der Waals surface area contributed by atoms with Crippen LogP contribution in [-0.2, 0) is 11.2 Å². The first kappa shape index (κ1) is 13.3. The Bertz CT molecular complexity index is 503. The second-order valence-corrected chi connectivity index (χ2v) is 6.41. The molecule has 2 rings (SSSR count). The standard InChI is InChI=1S/C14H15NOS2/c1-9(2)7-10-3-5-11(6-4-10)8-12-13(16)15-14(17)18-12/h3-6,8-9H,7H2,1-2H3,(H,15,16,17). The average molecular weight is 277 g/mol. The molecule has 0 bridgehead atoms. The first-order valence-electron chi connectivity index (χ1n) is 5.88. The lowest BCUT2D eigenvalue weighted by Gasteiger charge is -2.04. The smallest absolute Gasteiger partial charge is 0.263 e. The highest BCUT2D eigenvalue weighted by Gasteiger charge is 2.21. The van der Waals surface area contributed by atoms with Crippen LogP contribution >= 0.6 is 24.0 Å². The number of rotatable bonds is 3. The molecule has 1 aliphatic rings. The van der Waals surface area contributed by atoms with Crippen LogP contribution in [0, 0.1) is 5.92 Å². The fraction of sp³-hybridized carbons (Fsp3) is 0.286. The Kier molecular flexibility index (Phi) is 4.19. The lowest BCUT2D eigenvalue weighted by Crippen LogP contribution is -2.17. The minimum atomic E-state index is -0.101. The Morgan fingerprint density at radius 3 is 2.50 bits per heavy atom. The molecule has 2 nitrogen and oxygen atoms in total. The summed E-state index contributed by atoms with van der Waals surface area (Å²) in [5.74, 6) is 0.555. The number of carbonyl (C=O) groups is 1. The highest BCUT2D eigenvalue weighted by molar-refractivity contribution is 8.26. The van der Waals surface area contributed by atoms with Crippen molar-refractivity contribution in [3.05, 3.63) is 40.3 Å². The Morgan fingerprint density at radius 2 is 2.00 bits per heavy atom. The molecule has 1 aliphatic heterocycles. The predicted octanol–water partition coefficient (Wildman–Crippen LogP) is 3.37. The molecule has 18 heavy (non-hydrogen) atoms. The fourth-order valence-corrected chi connectivity index (χ4v) is 2.84. The molecule has 0 unspecified atom stereocenters. The van der Waals surface area contributed by atoms with E-state index in [-0.39, 0.29) is 5.91 Å². The van der Waals surface area contributed by atoms with Gasteiger partial charge in [-0.1, -0.05) is 62.1 Å². The zero-order valence-electron chi connectivity index (χ0n) is 10.4. The van der Waals surface area contributed by atoms with Crippen molar-refractivity contribution in [2.75, 3.05) is 0 Å². The van der Waals surface area contributed by atoms with E-state index in [1.165, 1.54) is 17.3 Å². The van der Waals surface area contributed by atoms with Gasteiger partial charge in [0.2, 0.25) is 0 Å². The highest BCUT2D eigenvalue weighted by Crippen LogP contribution is 2.25. The van der Waals surface area contributed by atoms with Crippen molar-refractivity contribution in [2.45, 2.75) is 20.3 Å². The molecule has 0 atom stereocenters. The summed E-state index contributed by atoms with van der Waals surface area (Å²) in [5.41, 5.74) is 2.36. The number of amides is 1. The molecule has 1 N–H and O–H groups in total. The number of carbonyl (C=O) groups excluding carboxylic acids is 1. The molecule has 0 aliphatic carbocycles. The van der Waals surface area contributed by atoms with Gasteiger partial charge in [0.05, 0.1) is 4.91 Å². The van der Waals surface area contributed by atoms with Gasteiger partial charge in [-0.15, -0.1) is 0 Å². The molecule has 0 aromatic heterocycles. The molecule has 0 saturated carbocycles. The van der Waals surface area contributed by atoms with Crippen LogP contribution < -0.4 is 5.32 Å². The maximum absolute atomic E-state index is 11.5. The lowest BCUT2D eigenvalue weighted by molar-refractivity contribution is -0.115. The lowest BCUT2D eigenvalue weighted by atomic mass is 10.0. The SMILES string of the molecule is CC(C)Cc1ccc(C=C2SC(=S)NC2=O)cc1. The van der Waals surface area contributed by atoms with Gasteiger partial charge < -0.3 is 5.32 Å². The van der Waals surface area contributed by atoms with Gasteiger partial charge in [-0.2, -0.15) is 0 Å². The predicted molar refractivity (Wildman–Crippen MR) is 81.3 cm³/mol.